The summed E-state index contributed by atoms with van der Waals surface area (Å²) in [6, 6.07) is 5.65. The number of fused-ring (bicyclic) bond motifs is 4. The largest absolute Gasteiger partial charge is 0.504 e. The number of aryl methyl sites for hydroxylation is 1. The summed E-state index contributed by atoms with van der Waals surface area (Å²) in [5, 5.41) is 14.8. The lowest BCUT2D eigenvalue weighted by atomic mass is 9.83. The maximum Gasteiger partial charge on any atom is 0.184 e. The summed E-state index contributed by atoms with van der Waals surface area (Å²) in [5.41, 5.74) is 7.55. The number of aromatic nitrogens is 1. The van der Waals surface area contributed by atoms with E-state index in [1.54, 1.807) is 27.4 Å². The smallest absolute Gasteiger partial charge is 0.184 e. The van der Waals surface area contributed by atoms with Crippen molar-refractivity contribution in [2.75, 3.05) is 33.2 Å². The molecule has 2 N–H and O–H groups in total. The molecule has 2 heterocycles. The van der Waals surface area contributed by atoms with Gasteiger partial charge in [0, 0.05) is 23.6 Å². The van der Waals surface area contributed by atoms with Gasteiger partial charge in [0.1, 0.15) is 0 Å². The van der Waals surface area contributed by atoms with E-state index in [2.05, 4.69) is 5.32 Å². The van der Waals surface area contributed by atoms with Crippen molar-refractivity contribution in [2.45, 2.75) is 19.3 Å². The lowest BCUT2D eigenvalue weighted by Gasteiger charge is -2.28. The minimum atomic E-state index is 0.171. The van der Waals surface area contributed by atoms with Crippen LogP contribution in [0.15, 0.2) is 18.2 Å². The third-order valence-electron chi connectivity index (χ3n) is 5.81. The van der Waals surface area contributed by atoms with Gasteiger partial charge in [-0.05, 0) is 48.1 Å². The molecule has 0 amide bonds. The van der Waals surface area contributed by atoms with Crippen molar-refractivity contribution in [3.8, 4) is 34.3 Å². The summed E-state index contributed by atoms with van der Waals surface area (Å²) in [4.78, 5) is 5.04. The molecular formula is C22H22N2O4. The molecule has 3 aromatic rings. The molecule has 28 heavy (non-hydrogen) atoms. The van der Waals surface area contributed by atoms with Gasteiger partial charge in [-0.3, -0.25) is 0 Å². The molecule has 2 aromatic carbocycles. The number of methoxy groups -OCH3 is 3. The summed E-state index contributed by atoms with van der Waals surface area (Å²) in [6.45, 7) is 0.841. The minimum absolute atomic E-state index is 0.171. The highest BCUT2D eigenvalue weighted by Gasteiger charge is 2.29. The number of ether oxygens (including phenoxy) is 3. The number of aromatic hydroxyl groups is 1. The molecule has 1 aromatic heterocycles. The Balaban J connectivity index is 1.86. The molecule has 0 fully saturated rings. The molecule has 0 atom stereocenters. The van der Waals surface area contributed by atoms with Crippen LogP contribution in [0.4, 0.5) is 5.69 Å². The van der Waals surface area contributed by atoms with Crippen LogP contribution in [0.5, 0.6) is 23.0 Å². The number of anilines is 1. The predicted molar refractivity (Wildman–Crippen MR) is 108 cm³/mol. The molecule has 6 nitrogen and oxygen atoms in total. The van der Waals surface area contributed by atoms with Crippen LogP contribution >= 0.6 is 0 Å². The van der Waals surface area contributed by atoms with Gasteiger partial charge >= 0.3 is 0 Å². The number of hydrogen-bond acceptors (Lipinski definition) is 6. The first-order valence-corrected chi connectivity index (χ1v) is 9.40. The summed E-state index contributed by atoms with van der Waals surface area (Å²) in [6.07, 6.45) is 2.71. The van der Waals surface area contributed by atoms with Crippen LogP contribution in [0.3, 0.4) is 0 Å². The third-order valence-corrected chi connectivity index (χ3v) is 5.81. The van der Waals surface area contributed by atoms with E-state index >= 15 is 0 Å². The molecule has 0 spiro atoms. The SMILES string of the molecule is COc1cc2c(cc1O)CCc1c-2nc2cc(OC)c(OC)c3c2c1CCN3. The Kier molecular flexibility index (Phi) is 3.75. The molecule has 1 aliphatic heterocycles. The first kappa shape index (κ1) is 17.0. The Labute approximate surface area is 163 Å². The lowest BCUT2D eigenvalue weighted by Crippen LogP contribution is -2.18. The van der Waals surface area contributed by atoms with Crippen LogP contribution in [-0.4, -0.2) is 38.0 Å². The molecule has 0 saturated carbocycles. The topological polar surface area (TPSA) is 72.8 Å². The number of benzene rings is 2. The second kappa shape index (κ2) is 6.19. The zero-order valence-electron chi connectivity index (χ0n) is 16.2. The highest BCUT2D eigenvalue weighted by Crippen LogP contribution is 2.48. The maximum absolute atomic E-state index is 10.2. The van der Waals surface area contributed by atoms with Crippen LogP contribution in [0.1, 0.15) is 16.7 Å². The molecule has 1 aliphatic carbocycles. The summed E-state index contributed by atoms with van der Waals surface area (Å²) >= 11 is 0. The Bertz CT molecular complexity index is 1120. The first-order chi connectivity index (χ1) is 13.7. The lowest BCUT2D eigenvalue weighted by molar-refractivity contribution is 0.357. The maximum atomic E-state index is 10.2. The normalized spacial score (nSPS) is 14.1. The average Bonchev–Trinajstić information content (AvgIpc) is 2.72. The second-order valence-corrected chi connectivity index (χ2v) is 7.16. The second-order valence-electron chi connectivity index (χ2n) is 7.16. The van der Waals surface area contributed by atoms with Crippen molar-refractivity contribution in [1.29, 1.82) is 0 Å². The Morgan fingerprint density at radius 3 is 2.50 bits per heavy atom. The first-order valence-electron chi connectivity index (χ1n) is 9.40. The van der Waals surface area contributed by atoms with Gasteiger partial charge in [0.25, 0.3) is 0 Å². The van der Waals surface area contributed by atoms with E-state index < -0.39 is 0 Å². The standard InChI is InChI=1S/C22H22N2O4/c1-26-17-9-14-11(8-16(17)25)4-5-13-12-6-7-23-21-19(12)15(24-20(13)14)10-18(27-2)22(21)28-3/h8-10,23,25H,4-7H2,1-3H3. The van der Waals surface area contributed by atoms with Gasteiger partial charge in [0.2, 0.25) is 0 Å². The van der Waals surface area contributed by atoms with Crippen molar-refractivity contribution < 1.29 is 19.3 Å². The number of phenolic OH excluding ortho intramolecular Hbond substituents is 1. The van der Waals surface area contributed by atoms with E-state index in [1.165, 1.54) is 11.1 Å². The quantitative estimate of drug-likeness (QED) is 0.724. The number of rotatable bonds is 3. The molecule has 0 radical (unpaired) electrons. The van der Waals surface area contributed by atoms with Crippen molar-refractivity contribution >= 4 is 16.6 Å². The van der Waals surface area contributed by atoms with Gasteiger partial charge in [-0.15, -0.1) is 0 Å². The van der Waals surface area contributed by atoms with Gasteiger partial charge in [0.15, 0.2) is 23.0 Å². The summed E-state index contributed by atoms with van der Waals surface area (Å²) in [7, 11) is 4.87. The number of nitrogens with zero attached hydrogens (tertiary/aromatic N) is 1. The van der Waals surface area contributed by atoms with Crippen LogP contribution in [0, 0.1) is 0 Å². The minimum Gasteiger partial charge on any atom is -0.504 e. The number of hydrogen-bond donors (Lipinski definition) is 2. The Morgan fingerprint density at radius 1 is 0.929 bits per heavy atom. The Morgan fingerprint density at radius 2 is 1.75 bits per heavy atom. The van der Waals surface area contributed by atoms with Gasteiger partial charge in [-0.1, -0.05) is 0 Å². The fourth-order valence-electron chi connectivity index (χ4n) is 4.57. The van der Waals surface area contributed by atoms with Gasteiger partial charge in [0.05, 0.1) is 38.2 Å². The summed E-state index contributed by atoms with van der Waals surface area (Å²) < 4.78 is 16.5. The van der Waals surface area contributed by atoms with E-state index in [-0.39, 0.29) is 5.75 Å². The van der Waals surface area contributed by atoms with E-state index in [0.717, 1.165) is 65.0 Å². The van der Waals surface area contributed by atoms with Gasteiger partial charge in [-0.25, -0.2) is 4.98 Å². The Hall–Kier alpha value is -3.15. The van der Waals surface area contributed by atoms with Crippen LogP contribution in [0.25, 0.3) is 22.2 Å². The molecule has 5 rings (SSSR count). The van der Waals surface area contributed by atoms with Crippen LogP contribution in [0.2, 0.25) is 0 Å². The zero-order chi connectivity index (χ0) is 19.4. The van der Waals surface area contributed by atoms with E-state index in [9.17, 15) is 5.11 Å². The van der Waals surface area contributed by atoms with Crippen molar-refractivity contribution in [3.05, 3.63) is 34.9 Å². The number of nitrogens with one attached hydrogen (secondary N) is 1. The molecule has 6 heteroatoms. The highest BCUT2D eigenvalue weighted by atomic mass is 16.5. The average molecular weight is 378 g/mol. The summed E-state index contributed by atoms with van der Waals surface area (Å²) in [5.74, 6) is 2.03. The molecule has 0 unspecified atom stereocenters. The molecular weight excluding hydrogens is 356 g/mol. The fourth-order valence-corrected chi connectivity index (χ4v) is 4.57. The van der Waals surface area contributed by atoms with E-state index in [0.29, 0.717) is 11.5 Å². The van der Waals surface area contributed by atoms with Crippen molar-refractivity contribution in [2.24, 2.45) is 0 Å². The van der Waals surface area contributed by atoms with Crippen LogP contribution in [-0.2, 0) is 19.3 Å². The van der Waals surface area contributed by atoms with E-state index in [1.807, 2.05) is 12.1 Å². The zero-order valence-corrected chi connectivity index (χ0v) is 16.2. The van der Waals surface area contributed by atoms with Crippen molar-refractivity contribution in [3.63, 3.8) is 0 Å². The number of pyridine rings is 1. The highest BCUT2D eigenvalue weighted by molar-refractivity contribution is 6.02. The van der Waals surface area contributed by atoms with Gasteiger partial charge in [-0.2, -0.15) is 0 Å². The number of phenols is 1. The molecule has 2 aliphatic rings. The van der Waals surface area contributed by atoms with Crippen LogP contribution < -0.4 is 19.5 Å². The molecule has 0 bridgehead atoms. The monoisotopic (exact) mass is 378 g/mol. The van der Waals surface area contributed by atoms with E-state index in [4.69, 9.17) is 19.2 Å². The third kappa shape index (κ3) is 2.24. The van der Waals surface area contributed by atoms with Gasteiger partial charge < -0.3 is 24.6 Å². The predicted octanol–water partition coefficient (Wildman–Crippen LogP) is 3.70. The molecule has 144 valence electrons. The molecule has 0 saturated heterocycles. The van der Waals surface area contributed by atoms with Crippen molar-refractivity contribution in [1.82, 2.24) is 4.98 Å². The fraction of sp³-hybridized carbons (Fsp3) is 0.318.